The summed E-state index contributed by atoms with van der Waals surface area (Å²) in [5, 5.41) is 6.45. The second-order valence-electron chi connectivity index (χ2n) is 6.39. The van der Waals surface area contributed by atoms with Crippen molar-refractivity contribution in [2.45, 2.75) is 25.7 Å². The molecule has 22 heavy (non-hydrogen) atoms. The highest BCUT2D eigenvalue weighted by atomic mass is 35.5. The molecule has 1 N–H and O–H groups in total. The first kappa shape index (κ1) is 16.0. The largest absolute Gasteiger partial charge is 0.316 e. The summed E-state index contributed by atoms with van der Waals surface area (Å²) in [6.07, 6.45) is 5.20. The second kappa shape index (κ2) is 6.31. The number of hydrogen-bond acceptors (Lipinski definition) is 2. The summed E-state index contributed by atoms with van der Waals surface area (Å²) < 4.78 is 14.8. The Morgan fingerprint density at radius 2 is 2.14 bits per heavy atom. The molecule has 1 aromatic carbocycles. The van der Waals surface area contributed by atoms with E-state index in [9.17, 15) is 4.39 Å². The molecule has 0 radical (unpaired) electrons. The first-order chi connectivity index (χ1) is 10.3. The van der Waals surface area contributed by atoms with Gasteiger partial charge in [0, 0.05) is 11.9 Å². The lowest BCUT2D eigenvalue weighted by atomic mass is 9.79. The van der Waals surface area contributed by atoms with Crippen molar-refractivity contribution in [3.8, 4) is 0 Å². The van der Waals surface area contributed by atoms with Crippen LogP contribution in [0.4, 0.5) is 4.39 Å². The first-order valence-corrected chi connectivity index (χ1v) is 8.68. The van der Waals surface area contributed by atoms with Gasteiger partial charge in [-0.25, -0.2) is 4.39 Å². The molecule has 1 fully saturated rings. The number of likely N-dealkylation sites (N-methyl/N-ethyl adjacent to an activating group) is 1. The molecule has 2 aliphatic carbocycles. The van der Waals surface area contributed by atoms with E-state index in [-0.39, 0.29) is 18.2 Å². The van der Waals surface area contributed by atoms with Gasteiger partial charge in [0.1, 0.15) is 5.82 Å². The molecule has 1 saturated carbocycles. The standard InChI is InChI=1S/C18H20FNS.ClH/c1-20-10-13-9-11-2-3-12(8-11)17(13)14-4-5-16(19)18-15(14)6-7-21-18;/h4-7,11-12,20H,2-3,8-10H2,1H3;1H. The van der Waals surface area contributed by atoms with E-state index in [4.69, 9.17) is 0 Å². The molecule has 2 aromatic rings. The maximum absolute atomic E-state index is 14.0. The maximum Gasteiger partial charge on any atom is 0.141 e. The molecule has 0 aliphatic heterocycles. The molecule has 118 valence electrons. The summed E-state index contributed by atoms with van der Waals surface area (Å²) in [6, 6.07) is 5.75. The van der Waals surface area contributed by atoms with E-state index in [2.05, 4.69) is 11.4 Å². The van der Waals surface area contributed by atoms with Crippen LogP contribution in [0.5, 0.6) is 0 Å². The normalized spacial score (nSPS) is 23.9. The quantitative estimate of drug-likeness (QED) is 0.806. The number of nitrogens with one attached hydrogen (secondary N) is 1. The Morgan fingerprint density at radius 1 is 1.27 bits per heavy atom. The number of allylic oxidation sites excluding steroid dienone is 1. The van der Waals surface area contributed by atoms with Crippen LogP contribution in [0.25, 0.3) is 15.7 Å². The van der Waals surface area contributed by atoms with Crippen LogP contribution in [0.15, 0.2) is 29.2 Å². The molecule has 4 heteroatoms. The van der Waals surface area contributed by atoms with Crippen LogP contribution in [0.2, 0.25) is 0 Å². The third kappa shape index (κ3) is 2.49. The molecule has 1 nitrogen and oxygen atoms in total. The van der Waals surface area contributed by atoms with Crippen molar-refractivity contribution in [1.29, 1.82) is 0 Å². The zero-order chi connectivity index (χ0) is 14.4. The average molecular weight is 338 g/mol. The number of hydrogen-bond donors (Lipinski definition) is 1. The van der Waals surface area contributed by atoms with Crippen molar-refractivity contribution in [2.24, 2.45) is 11.8 Å². The Morgan fingerprint density at radius 3 is 2.95 bits per heavy atom. The minimum atomic E-state index is -0.0837. The number of thiophene rings is 1. The van der Waals surface area contributed by atoms with Crippen molar-refractivity contribution in [3.05, 3.63) is 40.5 Å². The van der Waals surface area contributed by atoms with Crippen LogP contribution < -0.4 is 5.32 Å². The SMILES string of the molecule is CNCC1=C(c2ccc(F)c3sccc23)C2CCC(C1)C2.Cl. The van der Waals surface area contributed by atoms with Gasteiger partial charge in [-0.1, -0.05) is 11.6 Å². The average Bonchev–Trinajstić information content (AvgIpc) is 3.09. The third-order valence-corrected chi connectivity index (χ3v) is 6.04. The lowest BCUT2D eigenvalue weighted by molar-refractivity contribution is 0.502. The minimum Gasteiger partial charge on any atom is -0.316 e. The molecule has 1 heterocycles. The monoisotopic (exact) mass is 337 g/mol. The number of benzene rings is 1. The van der Waals surface area contributed by atoms with E-state index in [1.165, 1.54) is 48.2 Å². The van der Waals surface area contributed by atoms with Crippen LogP contribution in [0, 0.1) is 17.7 Å². The fourth-order valence-electron chi connectivity index (χ4n) is 4.32. The fourth-order valence-corrected chi connectivity index (χ4v) is 5.15. The van der Waals surface area contributed by atoms with Crippen LogP contribution in [-0.4, -0.2) is 13.6 Å². The van der Waals surface area contributed by atoms with E-state index >= 15 is 0 Å². The maximum atomic E-state index is 14.0. The summed E-state index contributed by atoms with van der Waals surface area (Å²) in [4.78, 5) is 0. The molecule has 4 rings (SSSR count). The molecule has 0 spiro atoms. The molecule has 2 atom stereocenters. The second-order valence-corrected chi connectivity index (χ2v) is 7.30. The Hall–Kier alpha value is -0.900. The zero-order valence-electron chi connectivity index (χ0n) is 12.7. The predicted octanol–water partition coefficient (Wildman–Crippen LogP) is 5.26. The lowest BCUT2D eigenvalue weighted by Gasteiger charge is -2.27. The van der Waals surface area contributed by atoms with E-state index in [0.717, 1.165) is 22.5 Å². The van der Waals surface area contributed by atoms with E-state index < -0.39 is 0 Å². The molecular weight excluding hydrogens is 317 g/mol. The number of halogens is 2. The molecular formula is C18H21ClFNS. The summed E-state index contributed by atoms with van der Waals surface area (Å²) in [7, 11) is 2.02. The van der Waals surface area contributed by atoms with Crippen molar-refractivity contribution in [3.63, 3.8) is 0 Å². The molecule has 2 bridgehead atoms. The number of rotatable bonds is 3. The topological polar surface area (TPSA) is 12.0 Å². The Kier molecular flexibility index (Phi) is 4.58. The summed E-state index contributed by atoms with van der Waals surface area (Å²) in [5.41, 5.74) is 4.35. The fraction of sp³-hybridized carbons (Fsp3) is 0.444. The molecule has 0 saturated heterocycles. The zero-order valence-corrected chi connectivity index (χ0v) is 14.3. The van der Waals surface area contributed by atoms with E-state index in [1.54, 1.807) is 11.6 Å². The van der Waals surface area contributed by atoms with Gasteiger partial charge in [-0.05, 0) is 73.2 Å². The van der Waals surface area contributed by atoms with Gasteiger partial charge in [-0.3, -0.25) is 0 Å². The van der Waals surface area contributed by atoms with E-state index in [0.29, 0.717) is 5.92 Å². The van der Waals surface area contributed by atoms with Crippen LogP contribution in [-0.2, 0) is 0 Å². The summed E-state index contributed by atoms with van der Waals surface area (Å²) >= 11 is 1.51. The van der Waals surface area contributed by atoms with Crippen LogP contribution >= 0.6 is 23.7 Å². The molecule has 0 amide bonds. The van der Waals surface area contributed by atoms with E-state index in [1.807, 2.05) is 18.5 Å². The summed E-state index contributed by atoms with van der Waals surface area (Å²) in [6.45, 7) is 0.964. The lowest BCUT2D eigenvalue weighted by Crippen LogP contribution is -2.19. The predicted molar refractivity (Wildman–Crippen MR) is 95.3 cm³/mol. The van der Waals surface area contributed by atoms with Crippen molar-refractivity contribution in [1.82, 2.24) is 5.32 Å². The van der Waals surface area contributed by atoms with Gasteiger partial charge in [0.15, 0.2) is 0 Å². The first-order valence-electron chi connectivity index (χ1n) is 7.80. The Labute approximate surface area is 141 Å². The van der Waals surface area contributed by atoms with Gasteiger partial charge in [-0.2, -0.15) is 0 Å². The van der Waals surface area contributed by atoms with Crippen molar-refractivity contribution >= 4 is 39.4 Å². The minimum absolute atomic E-state index is 0. The van der Waals surface area contributed by atoms with Gasteiger partial charge in [0.25, 0.3) is 0 Å². The highest BCUT2D eigenvalue weighted by Crippen LogP contribution is 2.50. The van der Waals surface area contributed by atoms with Crippen LogP contribution in [0.3, 0.4) is 0 Å². The Bertz CT molecular complexity index is 721. The van der Waals surface area contributed by atoms with Gasteiger partial charge in [0.05, 0.1) is 4.70 Å². The Balaban J connectivity index is 0.00000144. The van der Waals surface area contributed by atoms with Gasteiger partial charge in [-0.15, -0.1) is 23.7 Å². The van der Waals surface area contributed by atoms with Gasteiger partial charge in [0.2, 0.25) is 0 Å². The number of fused-ring (bicyclic) bond motifs is 3. The van der Waals surface area contributed by atoms with Crippen molar-refractivity contribution < 1.29 is 4.39 Å². The van der Waals surface area contributed by atoms with Crippen molar-refractivity contribution in [2.75, 3.05) is 13.6 Å². The highest BCUT2D eigenvalue weighted by molar-refractivity contribution is 7.17. The molecule has 2 aliphatic rings. The highest BCUT2D eigenvalue weighted by Gasteiger charge is 2.35. The van der Waals surface area contributed by atoms with Gasteiger partial charge < -0.3 is 5.32 Å². The van der Waals surface area contributed by atoms with Crippen LogP contribution in [0.1, 0.15) is 31.2 Å². The van der Waals surface area contributed by atoms with Gasteiger partial charge >= 0.3 is 0 Å². The third-order valence-electron chi connectivity index (χ3n) is 5.11. The summed E-state index contributed by atoms with van der Waals surface area (Å²) in [5.74, 6) is 1.47. The molecule has 1 aromatic heterocycles. The molecule has 2 unspecified atom stereocenters. The smallest absolute Gasteiger partial charge is 0.141 e.